The van der Waals surface area contributed by atoms with Gasteiger partial charge in [-0.2, -0.15) is 0 Å². The Hall–Kier alpha value is -1.15. The Labute approximate surface area is 172 Å². The number of guanidine groups is 1. The highest BCUT2D eigenvalue weighted by molar-refractivity contribution is 14.0. The second-order valence-electron chi connectivity index (χ2n) is 6.03. The lowest BCUT2D eigenvalue weighted by Crippen LogP contribution is -2.39. The molecule has 25 heavy (non-hydrogen) atoms. The van der Waals surface area contributed by atoms with Crippen LogP contribution >= 0.6 is 35.3 Å². The van der Waals surface area contributed by atoms with Crippen LogP contribution < -0.4 is 10.6 Å². The Morgan fingerprint density at radius 2 is 1.84 bits per heavy atom. The Morgan fingerprint density at radius 3 is 2.44 bits per heavy atom. The van der Waals surface area contributed by atoms with Crippen LogP contribution in [0.15, 0.2) is 35.3 Å². The lowest BCUT2D eigenvalue weighted by atomic mass is 9.98. The zero-order valence-corrected chi connectivity index (χ0v) is 18.7. The molecule has 1 unspecified atom stereocenters. The highest BCUT2D eigenvalue weighted by Crippen LogP contribution is 2.17. The van der Waals surface area contributed by atoms with E-state index in [9.17, 15) is 0 Å². The molecule has 0 bridgehead atoms. The average Bonchev–Trinajstić information content (AvgIpc) is 2.92. The van der Waals surface area contributed by atoms with Crippen molar-refractivity contribution >= 4 is 41.3 Å². The molecule has 0 aliphatic carbocycles. The van der Waals surface area contributed by atoms with E-state index < -0.39 is 0 Å². The van der Waals surface area contributed by atoms with E-state index in [2.05, 4.69) is 71.7 Å². The Bertz CT molecular complexity index is 635. The summed E-state index contributed by atoms with van der Waals surface area (Å²) in [6.45, 7) is 8.21. The van der Waals surface area contributed by atoms with E-state index in [0.717, 1.165) is 37.6 Å². The molecule has 0 saturated carbocycles. The van der Waals surface area contributed by atoms with E-state index >= 15 is 0 Å². The van der Waals surface area contributed by atoms with Crippen LogP contribution in [0.1, 0.15) is 40.4 Å². The van der Waals surface area contributed by atoms with E-state index in [1.54, 1.807) is 11.3 Å². The van der Waals surface area contributed by atoms with Gasteiger partial charge >= 0.3 is 0 Å². The lowest BCUT2D eigenvalue weighted by Gasteiger charge is -2.15. The largest absolute Gasteiger partial charge is 0.356 e. The summed E-state index contributed by atoms with van der Waals surface area (Å²) in [5.74, 6) is 1.40. The van der Waals surface area contributed by atoms with Gasteiger partial charge in [-0.05, 0) is 31.7 Å². The predicted molar refractivity (Wildman–Crippen MR) is 120 cm³/mol. The van der Waals surface area contributed by atoms with Gasteiger partial charge in [-0.1, -0.05) is 37.3 Å². The summed E-state index contributed by atoms with van der Waals surface area (Å²) in [6.07, 6.45) is 2.01. The van der Waals surface area contributed by atoms with Crippen molar-refractivity contribution in [2.75, 3.05) is 20.1 Å². The summed E-state index contributed by atoms with van der Waals surface area (Å²) >= 11 is 1.78. The van der Waals surface area contributed by atoms with Crippen LogP contribution in [0, 0.1) is 13.8 Å². The smallest absolute Gasteiger partial charge is 0.190 e. The molecule has 0 fully saturated rings. The number of halogens is 1. The first kappa shape index (κ1) is 21.9. The first-order valence-electron chi connectivity index (χ1n) is 8.52. The Morgan fingerprint density at radius 1 is 1.16 bits per heavy atom. The monoisotopic (exact) mass is 472 g/mol. The standard InChI is InChI=1S/C19H28N4S.HI/c1-14(17-8-6-5-7-9-17)10-12-21-19(20-4)22-13-11-18-23-15(2)16(3)24-18;/h5-9,14H,10-13H2,1-4H3,(H2,20,21,22);1H. The zero-order valence-electron chi connectivity index (χ0n) is 15.5. The Kier molecular flexibility index (Phi) is 10.0. The van der Waals surface area contributed by atoms with Gasteiger partial charge in [-0.25, -0.2) is 4.98 Å². The molecule has 2 rings (SSSR count). The van der Waals surface area contributed by atoms with Crippen LogP contribution in [-0.4, -0.2) is 31.1 Å². The number of aliphatic imine (C=N–C) groups is 1. The van der Waals surface area contributed by atoms with Crippen molar-refractivity contribution in [2.24, 2.45) is 4.99 Å². The van der Waals surface area contributed by atoms with Gasteiger partial charge in [-0.15, -0.1) is 35.3 Å². The van der Waals surface area contributed by atoms with Crippen molar-refractivity contribution in [3.63, 3.8) is 0 Å². The number of rotatable bonds is 7. The number of aromatic nitrogens is 1. The summed E-state index contributed by atoms with van der Waals surface area (Å²) in [4.78, 5) is 10.2. The topological polar surface area (TPSA) is 49.3 Å². The molecule has 2 aromatic rings. The highest BCUT2D eigenvalue weighted by atomic mass is 127. The van der Waals surface area contributed by atoms with Gasteiger partial charge in [0.25, 0.3) is 0 Å². The molecule has 0 amide bonds. The number of benzene rings is 1. The molecule has 0 radical (unpaired) electrons. The second-order valence-corrected chi connectivity index (χ2v) is 7.31. The molecule has 1 atom stereocenters. The molecular weight excluding hydrogens is 443 g/mol. The summed E-state index contributed by atoms with van der Waals surface area (Å²) in [5.41, 5.74) is 2.53. The molecule has 0 spiro atoms. The number of aryl methyl sites for hydroxylation is 2. The maximum absolute atomic E-state index is 4.57. The van der Waals surface area contributed by atoms with Gasteiger partial charge in [0, 0.05) is 31.4 Å². The van der Waals surface area contributed by atoms with Crippen LogP contribution in [-0.2, 0) is 6.42 Å². The van der Waals surface area contributed by atoms with Gasteiger partial charge in [-0.3, -0.25) is 4.99 Å². The molecule has 0 saturated heterocycles. The maximum atomic E-state index is 4.57. The normalized spacial score (nSPS) is 12.4. The molecule has 6 heteroatoms. The van der Waals surface area contributed by atoms with E-state index in [4.69, 9.17) is 0 Å². The van der Waals surface area contributed by atoms with E-state index in [0.29, 0.717) is 5.92 Å². The first-order chi connectivity index (χ1) is 11.6. The minimum absolute atomic E-state index is 0. The summed E-state index contributed by atoms with van der Waals surface area (Å²) < 4.78 is 0. The number of nitrogens with one attached hydrogen (secondary N) is 2. The number of nitrogens with zero attached hydrogens (tertiary/aromatic N) is 2. The van der Waals surface area contributed by atoms with E-state index in [1.165, 1.54) is 15.4 Å². The van der Waals surface area contributed by atoms with Crippen LogP contribution in [0.3, 0.4) is 0 Å². The molecule has 1 aromatic carbocycles. The summed E-state index contributed by atoms with van der Waals surface area (Å²) in [6, 6.07) is 10.6. The predicted octanol–water partition coefficient (Wildman–Crippen LogP) is 4.28. The Balaban J connectivity index is 0.00000312. The average molecular weight is 472 g/mol. The van der Waals surface area contributed by atoms with Gasteiger partial charge in [0.2, 0.25) is 0 Å². The lowest BCUT2D eigenvalue weighted by molar-refractivity contribution is 0.651. The van der Waals surface area contributed by atoms with Crippen molar-refractivity contribution in [3.05, 3.63) is 51.5 Å². The molecular formula is C19H29IN4S. The van der Waals surface area contributed by atoms with Crippen LogP contribution in [0.25, 0.3) is 0 Å². The fourth-order valence-corrected chi connectivity index (χ4v) is 3.44. The maximum Gasteiger partial charge on any atom is 0.190 e. The molecule has 1 aromatic heterocycles. The van der Waals surface area contributed by atoms with Gasteiger partial charge in [0.05, 0.1) is 10.7 Å². The van der Waals surface area contributed by atoms with Crippen molar-refractivity contribution in [1.29, 1.82) is 0 Å². The van der Waals surface area contributed by atoms with Gasteiger partial charge in [0.1, 0.15) is 0 Å². The number of hydrogen-bond acceptors (Lipinski definition) is 3. The fourth-order valence-electron chi connectivity index (χ4n) is 2.51. The van der Waals surface area contributed by atoms with Gasteiger partial charge in [0.15, 0.2) is 5.96 Å². The van der Waals surface area contributed by atoms with Crippen LogP contribution in [0.5, 0.6) is 0 Å². The number of hydrogen-bond donors (Lipinski definition) is 2. The van der Waals surface area contributed by atoms with Gasteiger partial charge < -0.3 is 10.6 Å². The first-order valence-corrected chi connectivity index (χ1v) is 9.34. The minimum atomic E-state index is 0. The molecule has 1 heterocycles. The summed E-state index contributed by atoms with van der Waals surface area (Å²) in [7, 11) is 1.81. The van der Waals surface area contributed by atoms with Crippen molar-refractivity contribution in [2.45, 2.75) is 39.5 Å². The molecule has 0 aliphatic rings. The fraction of sp³-hybridized carbons (Fsp3) is 0.474. The second kappa shape index (κ2) is 11.5. The van der Waals surface area contributed by atoms with Crippen molar-refractivity contribution in [3.8, 4) is 0 Å². The molecule has 4 nitrogen and oxygen atoms in total. The minimum Gasteiger partial charge on any atom is -0.356 e. The molecule has 138 valence electrons. The third-order valence-electron chi connectivity index (χ3n) is 4.17. The molecule has 2 N–H and O–H groups in total. The SMILES string of the molecule is CN=C(NCCc1nc(C)c(C)s1)NCCC(C)c1ccccc1.I. The number of thiazole rings is 1. The molecule has 0 aliphatic heterocycles. The van der Waals surface area contributed by atoms with Crippen LogP contribution in [0.2, 0.25) is 0 Å². The van der Waals surface area contributed by atoms with E-state index in [-0.39, 0.29) is 24.0 Å². The van der Waals surface area contributed by atoms with Crippen molar-refractivity contribution < 1.29 is 0 Å². The van der Waals surface area contributed by atoms with Crippen LogP contribution in [0.4, 0.5) is 0 Å². The highest BCUT2D eigenvalue weighted by Gasteiger charge is 2.06. The third kappa shape index (κ3) is 7.32. The van der Waals surface area contributed by atoms with E-state index in [1.807, 2.05) is 7.05 Å². The quantitative estimate of drug-likeness (QED) is 0.359. The summed E-state index contributed by atoms with van der Waals surface area (Å²) in [5, 5.41) is 7.95. The van der Waals surface area contributed by atoms with Crippen molar-refractivity contribution in [1.82, 2.24) is 15.6 Å². The third-order valence-corrected chi connectivity index (χ3v) is 5.30. The zero-order chi connectivity index (χ0) is 17.4.